The topological polar surface area (TPSA) is 78.4 Å². The Balaban J connectivity index is 1.59. The molecule has 2 amide bonds. The van der Waals surface area contributed by atoms with Gasteiger partial charge in [-0.15, -0.1) is 0 Å². The zero-order chi connectivity index (χ0) is 23.8. The van der Waals surface area contributed by atoms with Gasteiger partial charge in [0.2, 0.25) is 5.91 Å². The maximum Gasteiger partial charge on any atom is 0.255 e. The fourth-order valence-corrected chi connectivity index (χ4v) is 4.78. The Kier molecular flexibility index (Phi) is 9.64. The van der Waals surface area contributed by atoms with Gasteiger partial charge in [0.1, 0.15) is 11.0 Å². The molecule has 1 N–H and O–H groups in total. The Morgan fingerprint density at radius 2 is 1.97 bits per heavy atom. The minimum absolute atomic E-state index is 0.0402. The number of carbonyl (C=O) groups excluding carboxylic acids is 2. The number of unbranched alkanes of at least 4 members (excludes halogenated alkanes) is 2. The average molecular weight is 510 g/mol. The molecule has 0 aliphatic carbocycles. The second-order valence-electron chi connectivity index (χ2n) is 7.95. The summed E-state index contributed by atoms with van der Waals surface area (Å²) in [4.78, 5) is 37.8. The second kappa shape index (κ2) is 12.4. The molecule has 1 saturated heterocycles. The van der Waals surface area contributed by atoms with Crippen LogP contribution in [0.3, 0.4) is 0 Å². The van der Waals surface area contributed by atoms with Crippen molar-refractivity contribution in [3.05, 3.63) is 46.1 Å². The molecule has 10 heteroatoms. The van der Waals surface area contributed by atoms with Crippen molar-refractivity contribution in [1.82, 2.24) is 20.2 Å². The van der Waals surface area contributed by atoms with E-state index >= 15 is 0 Å². The van der Waals surface area contributed by atoms with Gasteiger partial charge in [0.15, 0.2) is 5.16 Å². The molecule has 2 aromatic rings. The number of nitrogens with one attached hydrogen (secondary N) is 1. The number of aromatic nitrogens is 2. The van der Waals surface area contributed by atoms with Gasteiger partial charge < -0.3 is 15.1 Å². The Bertz CT molecular complexity index is 978. The van der Waals surface area contributed by atoms with E-state index in [0.29, 0.717) is 52.9 Å². The number of thioether (sulfide) groups is 1. The summed E-state index contributed by atoms with van der Waals surface area (Å²) in [5, 5.41) is 4.16. The Morgan fingerprint density at radius 1 is 1.18 bits per heavy atom. The summed E-state index contributed by atoms with van der Waals surface area (Å²) in [5.41, 5.74) is 0.510. The zero-order valence-corrected chi connectivity index (χ0v) is 21.2. The number of amides is 2. The summed E-state index contributed by atoms with van der Waals surface area (Å²) < 4.78 is 0. The van der Waals surface area contributed by atoms with E-state index < -0.39 is 0 Å². The third-order valence-electron chi connectivity index (χ3n) is 5.41. The summed E-state index contributed by atoms with van der Waals surface area (Å²) in [6, 6.07) is 8.77. The molecular weight excluding hydrogens is 481 g/mol. The predicted molar refractivity (Wildman–Crippen MR) is 134 cm³/mol. The van der Waals surface area contributed by atoms with Crippen molar-refractivity contribution in [3.8, 4) is 0 Å². The smallest absolute Gasteiger partial charge is 0.255 e. The first-order valence-corrected chi connectivity index (χ1v) is 12.9. The van der Waals surface area contributed by atoms with Crippen molar-refractivity contribution in [2.75, 3.05) is 36.8 Å². The van der Waals surface area contributed by atoms with Crippen molar-refractivity contribution in [2.24, 2.45) is 0 Å². The van der Waals surface area contributed by atoms with Gasteiger partial charge in [-0.3, -0.25) is 9.59 Å². The predicted octanol–water partition coefficient (Wildman–Crippen LogP) is 4.53. The third-order valence-corrected chi connectivity index (χ3v) is 6.78. The molecule has 0 radical (unpaired) electrons. The molecule has 33 heavy (non-hydrogen) atoms. The van der Waals surface area contributed by atoms with Crippen LogP contribution in [0.25, 0.3) is 0 Å². The number of nitrogens with zero attached hydrogens (tertiary/aromatic N) is 4. The van der Waals surface area contributed by atoms with Gasteiger partial charge in [0.25, 0.3) is 5.91 Å². The van der Waals surface area contributed by atoms with Crippen molar-refractivity contribution in [2.45, 2.75) is 44.3 Å². The van der Waals surface area contributed by atoms with Crippen molar-refractivity contribution >= 4 is 52.6 Å². The van der Waals surface area contributed by atoms with Gasteiger partial charge in [-0.05, 0) is 25.5 Å². The van der Waals surface area contributed by atoms with Crippen LogP contribution in [0.1, 0.15) is 43.5 Å². The van der Waals surface area contributed by atoms with Crippen LogP contribution >= 0.6 is 35.0 Å². The Hall–Kier alpha value is -2.03. The summed E-state index contributed by atoms with van der Waals surface area (Å²) in [6.07, 6.45) is 3.20. The molecule has 1 aliphatic heterocycles. The minimum atomic E-state index is -0.0744. The van der Waals surface area contributed by atoms with E-state index in [1.807, 2.05) is 24.0 Å². The molecule has 3 rings (SSSR count). The number of piperazine rings is 1. The molecule has 1 fully saturated rings. The lowest BCUT2D eigenvalue weighted by Gasteiger charge is -2.40. The van der Waals surface area contributed by atoms with Gasteiger partial charge in [-0.2, -0.15) is 0 Å². The number of carbonyl (C=O) groups is 2. The number of halogens is 2. The average Bonchev–Trinajstić information content (AvgIpc) is 2.80. The van der Waals surface area contributed by atoms with Gasteiger partial charge >= 0.3 is 0 Å². The normalized spacial score (nSPS) is 16.1. The van der Waals surface area contributed by atoms with Crippen LogP contribution in [0.2, 0.25) is 10.2 Å². The van der Waals surface area contributed by atoms with Crippen LogP contribution in [0.5, 0.6) is 0 Å². The molecular formula is C23H29Cl2N5O2S. The number of anilines is 1. The molecule has 2 heterocycles. The van der Waals surface area contributed by atoms with Crippen LogP contribution < -0.4 is 10.2 Å². The van der Waals surface area contributed by atoms with Gasteiger partial charge in [-0.1, -0.05) is 66.9 Å². The largest absolute Gasteiger partial charge is 0.355 e. The lowest BCUT2D eigenvalue weighted by molar-refractivity contribution is -0.118. The first-order chi connectivity index (χ1) is 15.9. The van der Waals surface area contributed by atoms with E-state index in [1.165, 1.54) is 11.8 Å². The highest BCUT2D eigenvalue weighted by Crippen LogP contribution is 2.25. The lowest BCUT2D eigenvalue weighted by atomic mass is 10.1. The maximum atomic E-state index is 13.0. The molecule has 1 aromatic heterocycles. The van der Waals surface area contributed by atoms with Crippen molar-refractivity contribution in [1.29, 1.82) is 0 Å². The van der Waals surface area contributed by atoms with Gasteiger partial charge in [-0.25, -0.2) is 9.97 Å². The fourth-order valence-electron chi connectivity index (χ4n) is 3.65. The van der Waals surface area contributed by atoms with Crippen molar-refractivity contribution < 1.29 is 9.59 Å². The number of benzene rings is 1. The molecule has 0 bridgehead atoms. The number of hydrogen-bond donors (Lipinski definition) is 1. The van der Waals surface area contributed by atoms with Crippen LogP contribution in [0.4, 0.5) is 5.82 Å². The molecule has 7 nitrogen and oxygen atoms in total. The van der Waals surface area contributed by atoms with E-state index in [1.54, 1.807) is 18.2 Å². The van der Waals surface area contributed by atoms with Crippen LogP contribution in [-0.4, -0.2) is 64.7 Å². The zero-order valence-electron chi connectivity index (χ0n) is 18.9. The first kappa shape index (κ1) is 25.6. The van der Waals surface area contributed by atoms with E-state index in [9.17, 15) is 9.59 Å². The van der Waals surface area contributed by atoms with E-state index in [2.05, 4.69) is 27.1 Å². The summed E-state index contributed by atoms with van der Waals surface area (Å²) in [5.74, 6) is 0.816. The lowest BCUT2D eigenvalue weighted by Crippen LogP contribution is -2.54. The Morgan fingerprint density at radius 3 is 2.70 bits per heavy atom. The highest BCUT2D eigenvalue weighted by Gasteiger charge is 2.30. The van der Waals surface area contributed by atoms with Gasteiger partial charge in [0, 0.05) is 38.3 Å². The Labute approximate surface area is 209 Å². The van der Waals surface area contributed by atoms with Crippen LogP contribution in [0.15, 0.2) is 35.5 Å². The SMILES string of the molecule is CCCCCNC(=O)CSc1nc(Cl)cc(N2CCN(C(=O)c3ccccc3Cl)C(C)C2)n1. The highest BCUT2D eigenvalue weighted by molar-refractivity contribution is 7.99. The summed E-state index contributed by atoms with van der Waals surface area (Å²) >= 11 is 13.7. The number of rotatable bonds is 9. The van der Waals surface area contributed by atoms with Crippen LogP contribution in [0, 0.1) is 0 Å². The van der Waals surface area contributed by atoms with E-state index in [4.69, 9.17) is 23.2 Å². The van der Waals surface area contributed by atoms with Gasteiger partial charge in [0.05, 0.1) is 16.3 Å². The molecule has 178 valence electrons. The first-order valence-electron chi connectivity index (χ1n) is 11.1. The quantitative estimate of drug-likeness (QED) is 0.231. The standard InChI is InChI=1S/C23H29Cl2N5O2S/c1-3-4-7-10-26-21(31)15-33-23-27-19(25)13-20(28-23)29-11-12-30(16(2)14-29)22(32)17-8-5-6-9-18(17)24/h5-6,8-9,13,16H,3-4,7,10-12,14-15H2,1-2H3,(H,26,31). The molecule has 1 aromatic carbocycles. The minimum Gasteiger partial charge on any atom is -0.355 e. The summed E-state index contributed by atoms with van der Waals surface area (Å²) in [6.45, 7) is 6.56. The molecule has 1 unspecified atom stereocenters. The molecule has 1 aliphatic rings. The molecule has 0 saturated carbocycles. The highest BCUT2D eigenvalue weighted by atomic mass is 35.5. The van der Waals surface area contributed by atoms with E-state index in [-0.39, 0.29) is 23.6 Å². The molecule has 1 atom stereocenters. The number of hydrogen-bond acceptors (Lipinski definition) is 6. The van der Waals surface area contributed by atoms with Crippen LogP contribution in [-0.2, 0) is 4.79 Å². The molecule has 0 spiro atoms. The second-order valence-corrected chi connectivity index (χ2v) is 9.69. The van der Waals surface area contributed by atoms with Crippen molar-refractivity contribution in [3.63, 3.8) is 0 Å². The maximum absolute atomic E-state index is 13.0. The fraction of sp³-hybridized carbons (Fsp3) is 0.478. The summed E-state index contributed by atoms with van der Waals surface area (Å²) in [7, 11) is 0. The third kappa shape index (κ3) is 7.22. The van der Waals surface area contributed by atoms with E-state index in [0.717, 1.165) is 19.3 Å². The monoisotopic (exact) mass is 509 g/mol.